The van der Waals surface area contributed by atoms with Gasteiger partial charge in [0.15, 0.2) is 0 Å². The number of hydrogen-bond acceptors (Lipinski definition) is 2. The summed E-state index contributed by atoms with van der Waals surface area (Å²) in [5.74, 6) is -0.369. The lowest BCUT2D eigenvalue weighted by Crippen LogP contribution is -2.25. The van der Waals surface area contributed by atoms with Crippen LogP contribution in [-0.2, 0) is 6.42 Å². The number of nitrogens with one attached hydrogen (secondary N) is 1. The van der Waals surface area contributed by atoms with Crippen LogP contribution < -0.4 is 5.32 Å². The quantitative estimate of drug-likeness (QED) is 0.852. The van der Waals surface area contributed by atoms with Crippen LogP contribution in [0.15, 0.2) is 36.7 Å². The summed E-state index contributed by atoms with van der Waals surface area (Å²) in [6.45, 7) is 5.11. The fourth-order valence-corrected chi connectivity index (χ4v) is 2.47. The molecule has 21 heavy (non-hydrogen) atoms. The summed E-state index contributed by atoms with van der Waals surface area (Å²) in [6, 6.07) is 7.11. The molecule has 2 aromatic rings. The van der Waals surface area contributed by atoms with E-state index < -0.39 is 0 Å². The Labute approximate surface area is 130 Å². The Kier molecular flexibility index (Phi) is 5.71. The lowest BCUT2D eigenvalue weighted by Gasteiger charge is -2.20. The lowest BCUT2D eigenvalue weighted by molar-refractivity contribution is 0.523. The van der Waals surface area contributed by atoms with E-state index in [-0.39, 0.29) is 16.9 Å². The van der Waals surface area contributed by atoms with Crippen LogP contribution in [0, 0.1) is 12.7 Å². The van der Waals surface area contributed by atoms with E-state index in [0.29, 0.717) is 6.42 Å². The number of benzene rings is 1. The average molecular weight is 307 g/mol. The fraction of sp³-hybridized carbons (Fsp3) is 0.353. The van der Waals surface area contributed by atoms with E-state index in [2.05, 4.69) is 24.1 Å². The van der Waals surface area contributed by atoms with E-state index in [9.17, 15) is 4.39 Å². The predicted octanol–water partition coefficient (Wildman–Crippen LogP) is 4.47. The predicted molar refractivity (Wildman–Crippen MR) is 85.1 cm³/mol. The van der Waals surface area contributed by atoms with Crippen molar-refractivity contribution in [3.05, 3.63) is 64.2 Å². The molecule has 1 atom stereocenters. The van der Waals surface area contributed by atoms with Gasteiger partial charge in [-0.1, -0.05) is 24.6 Å². The zero-order chi connectivity index (χ0) is 15.2. The number of halogens is 2. The molecule has 0 saturated heterocycles. The summed E-state index contributed by atoms with van der Waals surface area (Å²) < 4.78 is 13.6. The molecule has 0 aliphatic rings. The average Bonchev–Trinajstić information content (AvgIpc) is 2.48. The van der Waals surface area contributed by atoms with Crippen molar-refractivity contribution in [2.45, 2.75) is 32.7 Å². The van der Waals surface area contributed by atoms with E-state index in [1.165, 1.54) is 11.6 Å². The molecule has 1 aromatic heterocycles. The summed E-state index contributed by atoms with van der Waals surface area (Å²) in [4.78, 5) is 4.21. The van der Waals surface area contributed by atoms with Gasteiger partial charge in [0.2, 0.25) is 0 Å². The van der Waals surface area contributed by atoms with E-state index in [0.717, 1.165) is 24.1 Å². The molecule has 0 saturated carbocycles. The van der Waals surface area contributed by atoms with Crippen molar-refractivity contribution in [3.8, 4) is 0 Å². The first-order valence-corrected chi connectivity index (χ1v) is 7.57. The van der Waals surface area contributed by atoms with Crippen LogP contribution in [0.2, 0.25) is 5.02 Å². The molecule has 2 rings (SSSR count). The Morgan fingerprint density at radius 2 is 2.14 bits per heavy atom. The van der Waals surface area contributed by atoms with Gasteiger partial charge in [0.1, 0.15) is 5.82 Å². The maximum atomic E-state index is 13.6. The van der Waals surface area contributed by atoms with Crippen molar-refractivity contribution in [1.29, 1.82) is 0 Å². The van der Waals surface area contributed by atoms with Crippen molar-refractivity contribution >= 4 is 11.6 Å². The summed E-state index contributed by atoms with van der Waals surface area (Å²) in [5.41, 5.74) is 3.27. The second-order valence-corrected chi connectivity index (χ2v) is 5.60. The maximum absolute atomic E-state index is 13.6. The molecule has 1 N–H and O–H groups in total. The number of aromatic nitrogens is 1. The minimum absolute atomic E-state index is 0.124. The van der Waals surface area contributed by atoms with Gasteiger partial charge in [0.25, 0.3) is 0 Å². The smallest absolute Gasteiger partial charge is 0.142 e. The maximum Gasteiger partial charge on any atom is 0.142 e. The zero-order valence-electron chi connectivity index (χ0n) is 12.4. The molecular weight excluding hydrogens is 287 g/mol. The molecule has 0 bridgehead atoms. The Morgan fingerprint density at radius 1 is 1.33 bits per heavy atom. The summed E-state index contributed by atoms with van der Waals surface area (Å²) in [5, 5.41) is 3.68. The number of aryl methyl sites for hydroxylation is 1. The molecule has 0 aliphatic heterocycles. The van der Waals surface area contributed by atoms with E-state index in [1.54, 1.807) is 12.3 Å². The van der Waals surface area contributed by atoms with Crippen LogP contribution in [0.4, 0.5) is 4.39 Å². The van der Waals surface area contributed by atoms with Crippen molar-refractivity contribution < 1.29 is 4.39 Å². The van der Waals surface area contributed by atoms with Gasteiger partial charge in [0, 0.05) is 18.4 Å². The molecular formula is C17H20ClFN2. The second-order valence-electron chi connectivity index (χ2n) is 5.19. The van der Waals surface area contributed by atoms with Crippen LogP contribution in [0.1, 0.15) is 36.1 Å². The van der Waals surface area contributed by atoms with Gasteiger partial charge in [-0.3, -0.25) is 4.98 Å². The van der Waals surface area contributed by atoms with Gasteiger partial charge in [-0.15, -0.1) is 0 Å². The van der Waals surface area contributed by atoms with Crippen LogP contribution in [0.3, 0.4) is 0 Å². The Balaban J connectivity index is 2.24. The Bertz CT molecular complexity index is 601. The highest BCUT2D eigenvalue weighted by Gasteiger charge is 2.15. The third-order valence-electron chi connectivity index (χ3n) is 3.52. The minimum Gasteiger partial charge on any atom is -0.310 e. The molecule has 1 unspecified atom stereocenters. The standard InChI is InChI=1S/C17H20ClFN2/c1-3-7-21-17(14-11-20-8-6-12(14)2)10-13-4-5-15(18)16(19)9-13/h4-6,8-9,11,17,21H,3,7,10H2,1-2H3. The third-order valence-corrected chi connectivity index (χ3v) is 3.83. The van der Waals surface area contributed by atoms with Crippen LogP contribution in [0.5, 0.6) is 0 Å². The van der Waals surface area contributed by atoms with E-state index in [1.807, 2.05) is 18.3 Å². The van der Waals surface area contributed by atoms with Gasteiger partial charge in [-0.2, -0.15) is 0 Å². The topological polar surface area (TPSA) is 24.9 Å². The monoisotopic (exact) mass is 306 g/mol. The number of pyridine rings is 1. The highest BCUT2D eigenvalue weighted by molar-refractivity contribution is 6.30. The highest BCUT2D eigenvalue weighted by Crippen LogP contribution is 2.23. The summed E-state index contributed by atoms with van der Waals surface area (Å²) in [6.07, 6.45) is 5.43. The van der Waals surface area contributed by atoms with E-state index in [4.69, 9.17) is 11.6 Å². The summed E-state index contributed by atoms with van der Waals surface area (Å²) in [7, 11) is 0. The van der Waals surface area contributed by atoms with Crippen LogP contribution in [-0.4, -0.2) is 11.5 Å². The van der Waals surface area contributed by atoms with Crippen LogP contribution in [0.25, 0.3) is 0 Å². The Morgan fingerprint density at radius 3 is 2.81 bits per heavy atom. The normalized spacial score (nSPS) is 12.4. The van der Waals surface area contributed by atoms with Crippen molar-refractivity contribution in [2.75, 3.05) is 6.54 Å². The minimum atomic E-state index is -0.369. The van der Waals surface area contributed by atoms with Gasteiger partial charge in [0.05, 0.1) is 5.02 Å². The Hall–Kier alpha value is -1.45. The van der Waals surface area contributed by atoms with Gasteiger partial charge < -0.3 is 5.32 Å². The molecule has 2 nitrogen and oxygen atoms in total. The molecule has 112 valence electrons. The first-order chi connectivity index (χ1) is 10.1. The number of rotatable bonds is 6. The molecule has 1 aromatic carbocycles. The van der Waals surface area contributed by atoms with Crippen LogP contribution >= 0.6 is 11.6 Å². The lowest BCUT2D eigenvalue weighted by atomic mass is 9.97. The third kappa shape index (κ3) is 4.26. The van der Waals surface area contributed by atoms with Crippen molar-refractivity contribution in [2.24, 2.45) is 0 Å². The molecule has 0 aliphatic carbocycles. The molecule has 0 fully saturated rings. The molecule has 4 heteroatoms. The molecule has 1 heterocycles. The summed E-state index contributed by atoms with van der Waals surface area (Å²) >= 11 is 5.74. The van der Waals surface area contributed by atoms with Gasteiger partial charge in [-0.05, 0) is 61.2 Å². The highest BCUT2D eigenvalue weighted by atomic mass is 35.5. The first kappa shape index (κ1) is 15.9. The SMILES string of the molecule is CCCNC(Cc1ccc(Cl)c(F)c1)c1cnccc1C. The zero-order valence-corrected chi connectivity index (χ0v) is 13.1. The van der Waals surface area contributed by atoms with Gasteiger partial charge >= 0.3 is 0 Å². The fourth-order valence-electron chi connectivity index (χ4n) is 2.35. The van der Waals surface area contributed by atoms with Gasteiger partial charge in [-0.25, -0.2) is 4.39 Å². The first-order valence-electron chi connectivity index (χ1n) is 7.19. The number of nitrogens with zero attached hydrogens (tertiary/aromatic N) is 1. The van der Waals surface area contributed by atoms with E-state index >= 15 is 0 Å². The number of hydrogen-bond donors (Lipinski definition) is 1. The largest absolute Gasteiger partial charge is 0.310 e. The second kappa shape index (κ2) is 7.53. The van der Waals surface area contributed by atoms with Crippen molar-refractivity contribution in [3.63, 3.8) is 0 Å². The van der Waals surface area contributed by atoms with Crippen molar-refractivity contribution in [1.82, 2.24) is 10.3 Å². The molecule has 0 amide bonds. The molecule has 0 radical (unpaired) electrons. The molecule has 0 spiro atoms.